The van der Waals surface area contributed by atoms with Gasteiger partial charge in [0.2, 0.25) is 5.91 Å². The number of carbonyl (C=O) groups excluding carboxylic acids is 2. The van der Waals surface area contributed by atoms with Crippen molar-refractivity contribution in [1.82, 2.24) is 5.32 Å². The summed E-state index contributed by atoms with van der Waals surface area (Å²) in [7, 11) is 1.43. The minimum absolute atomic E-state index is 0.0186. The number of allylic oxidation sites excluding steroid dienone is 17. The van der Waals surface area contributed by atoms with Gasteiger partial charge in [-0.25, -0.2) is 4.57 Å². The van der Waals surface area contributed by atoms with Gasteiger partial charge in [0.25, 0.3) is 0 Å². The van der Waals surface area contributed by atoms with Crippen LogP contribution >= 0.6 is 7.82 Å². The Balaban J connectivity index is 5.48. The molecule has 1 amide bonds. The third kappa shape index (κ3) is 53.3. The number of ether oxygens (including phenoxy) is 1. The number of nitrogens with zero attached hydrogens (tertiary/aromatic N) is 1. The van der Waals surface area contributed by atoms with E-state index in [2.05, 4.69) is 117 Å². The van der Waals surface area contributed by atoms with Crippen LogP contribution in [0.4, 0.5) is 0 Å². The maximum absolute atomic E-state index is 13.5. The first-order valence-electron chi connectivity index (χ1n) is 29.2. The summed E-state index contributed by atoms with van der Waals surface area (Å²) >= 11 is 0. The maximum Gasteiger partial charge on any atom is 0.472 e. The summed E-state index contributed by atoms with van der Waals surface area (Å²) in [4.78, 5) is 37.5. The van der Waals surface area contributed by atoms with Crippen molar-refractivity contribution < 1.29 is 37.3 Å². The number of phosphoric ester groups is 1. The Kier molecular flexibility index (Phi) is 49.7. The van der Waals surface area contributed by atoms with Crippen LogP contribution in [0.1, 0.15) is 226 Å². The van der Waals surface area contributed by atoms with Crippen LogP contribution in [0.15, 0.2) is 109 Å². The van der Waals surface area contributed by atoms with Gasteiger partial charge in [0.05, 0.1) is 33.8 Å². The van der Waals surface area contributed by atoms with Gasteiger partial charge in [0.15, 0.2) is 0 Å². The Morgan fingerprint density at radius 2 is 0.890 bits per heavy atom. The Bertz CT molecular complexity index is 1620. The second-order valence-electron chi connectivity index (χ2n) is 20.4. The first-order valence-corrected chi connectivity index (χ1v) is 30.7. The summed E-state index contributed by atoms with van der Waals surface area (Å²) in [5.74, 6) is -0.642. The number of phosphoric acid groups is 1. The second-order valence-corrected chi connectivity index (χ2v) is 21.9. The summed E-state index contributed by atoms with van der Waals surface area (Å²) in [6.45, 7) is 6.80. The fourth-order valence-corrected chi connectivity index (χ4v) is 8.44. The van der Waals surface area contributed by atoms with Gasteiger partial charge in [-0.1, -0.05) is 220 Å². The van der Waals surface area contributed by atoms with Crippen molar-refractivity contribution >= 4 is 19.7 Å². The molecule has 9 nitrogen and oxygen atoms in total. The molecule has 0 aromatic carbocycles. The van der Waals surface area contributed by atoms with E-state index in [9.17, 15) is 19.0 Å². The number of likely N-dealkylation sites (N-methyl/N-ethyl adjacent to an activating group) is 1. The minimum Gasteiger partial charge on any atom is -0.456 e. The van der Waals surface area contributed by atoms with Crippen LogP contribution in [-0.4, -0.2) is 74.3 Å². The fraction of sp³-hybridized carbons (Fsp3) is 0.683. The Morgan fingerprint density at radius 1 is 0.493 bits per heavy atom. The Labute approximate surface area is 449 Å². The molecule has 0 rings (SSSR count). The van der Waals surface area contributed by atoms with Crippen molar-refractivity contribution in [3.05, 3.63) is 109 Å². The number of carbonyl (C=O) groups is 2. The van der Waals surface area contributed by atoms with Crippen LogP contribution < -0.4 is 5.32 Å². The molecule has 0 aliphatic heterocycles. The van der Waals surface area contributed by atoms with E-state index in [1.807, 2.05) is 39.4 Å². The highest BCUT2D eigenvalue weighted by atomic mass is 31.2. The number of amides is 1. The molecule has 0 saturated carbocycles. The van der Waals surface area contributed by atoms with Gasteiger partial charge in [-0.2, -0.15) is 0 Å². The summed E-state index contributed by atoms with van der Waals surface area (Å²) in [5, 5.41) is 3.01. The van der Waals surface area contributed by atoms with Gasteiger partial charge in [-0.15, -0.1) is 0 Å². The third-order valence-electron chi connectivity index (χ3n) is 12.2. The molecule has 10 heteroatoms. The van der Waals surface area contributed by atoms with Gasteiger partial charge in [-0.05, 0) is 102 Å². The van der Waals surface area contributed by atoms with Crippen molar-refractivity contribution in [1.29, 1.82) is 0 Å². The molecule has 0 radical (unpaired) electrons. The van der Waals surface area contributed by atoms with Crippen LogP contribution in [0.3, 0.4) is 0 Å². The molecule has 73 heavy (non-hydrogen) atoms. The summed E-state index contributed by atoms with van der Waals surface area (Å²) in [6.07, 6.45) is 71.0. The molecule has 418 valence electrons. The van der Waals surface area contributed by atoms with Crippen molar-refractivity contribution in [3.8, 4) is 0 Å². The fourth-order valence-electron chi connectivity index (χ4n) is 7.70. The van der Waals surface area contributed by atoms with Gasteiger partial charge in [-0.3, -0.25) is 18.6 Å². The second kappa shape index (κ2) is 52.1. The van der Waals surface area contributed by atoms with Crippen LogP contribution in [0.5, 0.6) is 0 Å². The van der Waals surface area contributed by atoms with Crippen LogP contribution in [0.2, 0.25) is 0 Å². The lowest BCUT2D eigenvalue weighted by Crippen LogP contribution is -2.47. The normalized spacial score (nSPS) is 14.6. The lowest BCUT2D eigenvalue weighted by molar-refractivity contribution is -0.870. The third-order valence-corrected chi connectivity index (χ3v) is 13.2. The maximum atomic E-state index is 13.5. The van der Waals surface area contributed by atoms with Crippen molar-refractivity contribution in [2.75, 3.05) is 40.9 Å². The molecule has 2 N–H and O–H groups in total. The van der Waals surface area contributed by atoms with Crippen molar-refractivity contribution in [2.24, 2.45) is 0 Å². The standard InChI is InChI=1S/C63H109N2O7P/c1-7-10-13-16-19-22-25-28-29-30-31-32-33-34-35-38-40-43-46-49-52-55-62(66)64-60(59-71-73(68,69)70-58-57-65(4,5)6)61(54-51-48-45-42-39-36-26-23-20-17-14-11-8-2)72-63(67)56-53-50-47-44-41-37-27-24-21-18-15-12-9-3/h10,13,19,22,28-29,31-32,34-35,37,40-41,43,47,50-51,54,60-61H,7-9,11-12,14-18,20-21,23-27,30,33,36,38-39,42,44-46,48-49,52-53,55-59H2,1-6H3,(H-,64,66,68,69)/p+1/b13-10-,22-19-,29-28-,32-31-,35-34-,41-37-,43-40-,50-47+,54-51-. The van der Waals surface area contributed by atoms with Crippen molar-refractivity contribution in [2.45, 2.75) is 238 Å². The minimum atomic E-state index is -4.47. The van der Waals surface area contributed by atoms with Crippen LogP contribution in [0, 0.1) is 0 Å². The van der Waals surface area contributed by atoms with Gasteiger partial charge >= 0.3 is 13.8 Å². The molecule has 3 unspecified atom stereocenters. The zero-order valence-electron chi connectivity index (χ0n) is 47.6. The number of quaternary nitrogens is 1. The van der Waals surface area contributed by atoms with E-state index in [0.29, 0.717) is 23.9 Å². The van der Waals surface area contributed by atoms with E-state index in [1.165, 1.54) is 96.3 Å². The number of nitrogens with one attached hydrogen (secondary N) is 1. The van der Waals surface area contributed by atoms with Crippen LogP contribution in [0.25, 0.3) is 0 Å². The average Bonchev–Trinajstić information content (AvgIpc) is 3.35. The Morgan fingerprint density at radius 3 is 1.34 bits per heavy atom. The van der Waals surface area contributed by atoms with Gasteiger partial charge < -0.3 is 19.4 Å². The molecule has 0 fully saturated rings. The topological polar surface area (TPSA) is 111 Å². The SMILES string of the molecule is CC/C=C\C/C=C\C/C=C\C/C=C\C/C=C\C/C=C\CCCCC(=O)NC(COP(=O)(O)OCC[N+](C)(C)C)C(/C=C\CCCCCCCCCCCCC)OC(=O)CC/C=C/C/C=C\CCCCCCCC. The highest BCUT2D eigenvalue weighted by Crippen LogP contribution is 2.43. The molecule has 3 atom stereocenters. The van der Waals surface area contributed by atoms with Gasteiger partial charge in [0, 0.05) is 12.8 Å². The number of hydrogen-bond acceptors (Lipinski definition) is 6. The summed E-state index contributed by atoms with van der Waals surface area (Å²) < 4.78 is 30.5. The first kappa shape index (κ1) is 69.7. The lowest BCUT2D eigenvalue weighted by Gasteiger charge is -2.27. The Hall–Kier alpha value is -3.33. The summed E-state index contributed by atoms with van der Waals surface area (Å²) in [5.41, 5.74) is 0. The molecule has 0 bridgehead atoms. The molecule has 0 saturated heterocycles. The van der Waals surface area contributed by atoms with Crippen molar-refractivity contribution in [3.63, 3.8) is 0 Å². The van der Waals surface area contributed by atoms with E-state index >= 15 is 0 Å². The molecular weight excluding hydrogens is 928 g/mol. The average molecular weight is 1040 g/mol. The highest BCUT2D eigenvalue weighted by molar-refractivity contribution is 7.47. The zero-order chi connectivity index (χ0) is 53.6. The molecule has 0 aromatic heterocycles. The van der Waals surface area contributed by atoms with E-state index in [-0.39, 0.29) is 32.0 Å². The first-order chi connectivity index (χ1) is 35.4. The molecule has 0 aliphatic rings. The molecule has 0 heterocycles. The molecule has 0 aliphatic carbocycles. The highest BCUT2D eigenvalue weighted by Gasteiger charge is 2.30. The quantitative estimate of drug-likeness (QED) is 0.0205. The zero-order valence-corrected chi connectivity index (χ0v) is 48.5. The van der Waals surface area contributed by atoms with E-state index in [0.717, 1.165) is 83.5 Å². The van der Waals surface area contributed by atoms with E-state index < -0.39 is 25.9 Å². The predicted octanol–water partition coefficient (Wildman–Crippen LogP) is 17.8. The summed E-state index contributed by atoms with van der Waals surface area (Å²) in [6, 6.07) is -0.900. The lowest BCUT2D eigenvalue weighted by atomic mass is 10.0. The largest absolute Gasteiger partial charge is 0.472 e. The molecule has 0 aromatic rings. The smallest absolute Gasteiger partial charge is 0.456 e. The molecule has 0 spiro atoms. The predicted molar refractivity (Wildman–Crippen MR) is 313 cm³/mol. The number of rotatable bonds is 51. The van der Waals surface area contributed by atoms with E-state index in [4.69, 9.17) is 13.8 Å². The number of esters is 1. The number of hydrogen-bond donors (Lipinski definition) is 2. The van der Waals surface area contributed by atoms with Gasteiger partial charge in [0.1, 0.15) is 19.3 Å². The van der Waals surface area contributed by atoms with Crippen LogP contribution in [-0.2, 0) is 27.9 Å². The van der Waals surface area contributed by atoms with E-state index in [1.54, 1.807) is 0 Å². The molecular formula is C63H110N2O7P+. The number of unbranched alkanes of at least 4 members (excludes halogenated alkanes) is 19. The monoisotopic (exact) mass is 1040 g/mol.